The molecule has 0 fully saturated rings. The lowest BCUT2D eigenvalue weighted by Crippen LogP contribution is -2.45. The number of nitrogens with zero attached hydrogens (tertiary/aromatic N) is 1. The highest BCUT2D eigenvalue weighted by atomic mass is 35.5. The zero-order valence-corrected chi connectivity index (χ0v) is 14.7. The molecule has 1 N–H and O–H groups in total. The predicted molar refractivity (Wildman–Crippen MR) is 92.9 cm³/mol. The van der Waals surface area contributed by atoms with Crippen molar-refractivity contribution in [3.8, 4) is 0 Å². The molecule has 0 aromatic heterocycles. The topological polar surface area (TPSA) is 49.4 Å². The minimum absolute atomic E-state index is 0.339. The quantitative estimate of drug-likeness (QED) is 0.924. The molecule has 0 saturated heterocycles. The van der Waals surface area contributed by atoms with E-state index in [1.807, 2.05) is 19.1 Å². The molecule has 6 heteroatoms. The van der Waals surface area contributed by atoms with Gasteiger partial charge in [-0.15, -0.1) is 0 Å². The van der Waals surface area contributed by atoms with Crippen molar-refractivity contribution in [3.05, 3.63) is 69.7 Å². The van der Waals surface area contributed by atoms with Crippen molar-refractivity contribution in [2.45, 2.75) is 19.4 Å². The molecule has 1 heterocycles. The van der Waals surface area contributed by atoms with E-state index in [0.29, 0.717) is 18.0 Å². The summed E-state index contributed by atoms with van der Waals surface area (Å²) in [6.45, 7) is 2.47. The second kappa shape index (κ2) is 6.24. The van der Waals surface area contributed by atoms with Crippen LogP contribution in [-0.4, -0.2) is 26.3 Å². The molecular weight excluding hydrogens is 332 g/mol. The van der Waals surface area contributed by atoms with Crippen molar-refractivity contribution in [2.75, 3.05) is 13.6 Å². The molecule has 1 aliphatic rings. The van der Waals surface area contributed by atoms with E-state index in [1.165, 1.54) is 16.9 Å². The van der Waals surface area contributed by atoms with Crippen LogP contribution < -0.4 is 4.72 Å². The van der Waals surface area contributed by atoms with Gasteiger partial charge in [0.05, 0.1) is 6.04 Å². The van der Waals surface area contributed by atoms with Crippen molar-refractivity contribution >= 4 is 21.8 Å². The van der Waals surface area contributed by atoms with E-state index in [1.54, 1.807) is 12.1 Å². The smallest absolute Gasteiger partial charge is 0.205 e. The van der Waals surface area contributed by atoms with E-state index in [0.717, 1.165) is 16.7 Å². The van der Waals surface area contributed by atoms with Crippen LogP contribution in [0, 0.1) is 6.92 Å². The van der Waals surface area contributed by atoms with Gasteiger partial charge in [-0.1, -0.05) is 47.5 Å². The Bertz CT molecular complexity index is 819. The molecule has 4 nitrogen and oxygen atoms in total. The first-order chi connectivity index (χ1) is 10.9. The number of nitrogens with one attached hydrogen (secondary N) is 1. The molecule has 0 radical (unpaired) electrons. The zero-order valence-electron chi connectivity index (χ0n) is 13.1. The van der Waals surface area contributed by atoms with Gasteiger partial charge < -0.3 is 0 Å². The highest BCUT2D eigenvalue weighted by Crippen LogP contribution is 2.37. The Morgan fingerprint density at radius 1 is 1.17 bits per heavy atom. The molecule has 2 aromatic rings. The molecule has 1 unspecified atom stereocenters. The summed E-state index contributed by atoms with van der Waals surface area (Å²) >= 11 is 5.99. The third-order valence-corrected chi connectivity index (χ3v) is 6.02. The van der Waals surface area contributed by atoms with E-state index in [4.69, 9.17) is 11.6 Å². The minimum atomic E-state index is -3.53. The van der Waals surface area contributed by atoms with Crippen molar-refractivity contribution in [1.29, 1.82) is 0 Å². The van der Waals surface area contributed by atoms with Gasteiger partial charge in [-0.3, -0.25) is 0 Å². The summed E-state index contributed by atoms with van der Waals surface area (Å²) in [4.78, 5) is 0. The molecule has 0 spiro atoms. The van der Waals surface area contributed by atoms with Crippen LogP contribution in [0.25, 0.3) is 0 Å². The van der Waals surface area contributed by atoms with Crippen molar-refractivity contribution in [3.63, 3.8) is 0 Å². The Labute approximate surface area is 142 Å². The fourth-order valence-corrected chi connectivity index (χ4v) is 4.28. The van der Waals surface area contributed by atoms with Gasteiger partial charge in [0, 0.05) is 18.6 Å². The largest absolute Gasteiger partial charge is 0.280 e. The first-order valence-corrected chi connectivity index (χ1v) is 9.29. The molecule has 3 rings (SSSR count). The summed E-state index contributed by atoms with van der Waals surface area (Å²) in [5.74, 6) is 0. The summed E-state index contributed by atoms with van der Waals surface area (Å²) in [5.41, 5.74) is 4.27. The number of halogens is 1. The molecule has 0 saturated carbocycles. The van der Waals surface area contributed by atoms with Crippen molar-refractivity contribution in [1.82, 2.24) is 9.03 Å². The Balaban J connectivity index is 2.18. The van der Waals surface area contributed by atoms with Gasteiger partial charge in [0.1, 0.15) is 0 Å². The Hall–Kier alpha value is -1.40. The van der Waals surface area contributed by atoms with Crippen molar-refractivity contribution in [2.24, 2.45) is 0 Å². The number of aryl methyl sites for hydroxylation is 1. The maximum atomic E-state index is 12.5. The third kappa shape index (κ3) is 3.15. The van der Waals surface area contributed by atoms with Gasteiger partial charge in [-0.05, 0) is 42.2 Å². The molecular formula is C17H19ClN2O2S. The van der Waals surface area contributed by atoms with Crippen LogP contribution in [0.4, 0.5) is 0 Å². The predicted octanol–water partition coefficient (Wildman–Crippen LogP) is 3.06. The van der Waals surface area contributed by atoms with Gasteiger partial charge in [0.15, 0.2) is 0 Å². The van der Waals surface area contributed by atoms with Crippen LogP contribution in [0.15, 0.2) is 42.5 Å². The number of fused-ring (bicyclic) bond motifs is 1. The normalized spacial score (nSPS) is 18.7. The minimum Gasteiger partial charge on any atom is -0.205 e. The van der Waals surface area contributed by atoms with Gasteiger partial charge in [-0.25, -0.2) is 4.72 Å². The summed E-state index contributed by atoms with van der Waals surface area (Å²) in [6, 6.07) is 13.3. The molecule has 23 heavy (non-hydrogen) atoms. The maximum absolute atomic E-state index is 12.5. The molecule has 122 valence electrons. The Kier molecular flexibility index (Phi) is 4.47. The van der Waals surface area contributed by atoms with Gasteiger partial charge in [0.2, 0.25) is 0 Å². The standard InChI is InChI=1S/C17H19ClN2O2S/c1-12-3-4-13-9-10-20(23(21,22)19-2)17(16(13)11-12)14-5-7-15(18)8-6-14/h3-8,11,17,19H,9-10H2,1-2H3. The lowest BCUT2D eigenvalue weighted by Gasteiger charge is -2.36. The molecule has 1 aliphatic heterocycles. The monoisotopic (exact) mass is 350 g/mol. The fraction of sp³-hybridized carbons (Fsp3) is 0.294. The van der Waals surface area contributed by atoms with Crippen LogP contribution in [-0.2, 0) is 16.6 Å². The first kappa shape index (κ1) is 16.5. The van der Waals surface area contributed by atoms with E-state index in [2.05, 4.69) is 22.9 Å². The van der Waals surface area contributed by atoms with Crippen LogP contribution >= 0.6 is 11.6 Å². The maximum Gasteiger partial charge on any atom is 0.280 e. The molecule has 0 bridgehead atoms. The van der Waals surface area contributed by atoms with Crippen LogP contribution in [0.1, 0.15) is 28.3 Å². The Morgan fingerprint density at radius 2 is 1.87 bits per heavy atom. The summed E-state index contributed by atoms with van der Waals surface area (Å²) in [5, 5.41) is 0.636. The zero-order chi connectivity index (χ0) is 16.6. The average Bonchev–Trinajstić information content (AvgIpc) is 2.54. The van der Waals surface area contributed by atoms with Gasteiger partial charge in [0.25, 0.3) is 10.2 Å². The SMILES string of the molecule is CNS(=O)(=O)N1CCc2ccc(C)cc2C1c1ccc(Cl)cc1. The Morgan fingerprint density at radius 3 is 2.52 bits per heavy atom. The van der Waals surface area contributed by atoms with Crippen LogP contribution in [0.2, 0.25) is 5.02 Å². The molecule has 2 aromatic carbocycles. The molecule has 0 amide bonds. The van der Waals surface area contributed by atoms with E-state index >= 15 is 0 Å². The lowest BCUT2D eigenvalue weighted by atomic mass is 9.89. The third-order valence-electron chi connectivity index (χ3n) is 4.24. The van der Waals surface area contributed by atoms with Crippen molar-refractivity contribution < 1.29 is 8.42 Å². The van der Waals surface area contributed by atoms with Crippen LogP contribution in [0.3, 0.4) is 0 Å². The number of hydrogen-bond donors (Lipinski definition) is 1. The van der Waals surface area contributed by atoms with Gasteiger partial charge in [-0.2, -0.15) is 12.7 Å². The average molecular weight is 351 g/mol. The summed E-state index contributed by atoms with van der Waals surface area (Å²) < 4.78 is 28.9. The first-order valence-electron chi connectivity index (χ1n) is 7.47. The van der Waals surface area contributed by atoms with E-state index in [9.17, 15) is 8.42 Å². The fourth-order valence-electron chi connectivity index (χ4n) is 3.08. The summed E-state index contributed by atoms with van der Waals surface area (Å²) in [7, 11) is -2.09. The lowest BCUT2D eigenvalue weighted by molar-refractivity contribution is 0.340. The molecule has 0 aliphatic carbocycles. The number of benzene rings is 2. The van der Waals surface area contributed by atoms with E-state index in [-0.39, 0.29) is 6.04 Å². The second-order valence-corrected chi connectivity index (χ2v) is 7.99. The van der Waals surface area contributed by atoms with Gasteiger partial charge >= 0.3 is 0 Å². The number of rotatable bonds is 3. The highest BCUT2D eigenvalue weighted by molar-refractivity contribution is 7.87. The second-order valence-electron chi connectivity index (χ2n) is 5.73. The van der Waals surface area contributed by atoms with Crippen LogP contribution in [0.5, 0.6) is 0 Å². The van der Waals surface area contributed by atoms with E-state index < -0.39 is 10.2 Å². The highest BCUT2D eigenvalue weighted by Gasteiger charge is 2.35. The summed E-state index contributed by atoms with van der Waals surface area (Å²) in [6.07, 6.45) is 0.709. The number of hydrogen-bond acceptors (Lipinski definition) is 2. The molecule has 1 atom stereocenters.